The van der Waals surface area contributed by atoms with Gasteiger partial charge in [-0.3, -0.25) is 14.3 Å². The number of nitrogens with one attached hydrogen (secondary N) is 1. The summed E-state index contributed by atoms with van der Waals surface area (Å²) in [7, 11) is 1.64. The molecule has 0 saturated carbocycles. The van der Waals surface area contributed by atoms with Crippen molar-refractivity contribution in [2.75, 3.05) is 11.4 Å². The van der Waals surface area contributed by atoms with Gasteiger partial charge in [0.25, 0.3) is 0 Å². The molecule has 1 aromatic carbocycles. The molecule has 23 heavy (non-hydrogen) atoms. The minimum absolute atomic E-state index is 0.175. The highest BCUT2D eigenvalue weighted by Crippen LogP contribution is 2.41. The highest BCUT2D eigenvalue weighted by Gasteiger charge is 2.48. The Morgan fingerprint density at radius 2 is 2.17 bits per heavy atom. The summed E-state index contributed by atoms with van der Waals surface area (Å²) in [6.07, 6.45) is -0.346. The molecule has 3 heterocycles. The Morgan fingerprint density at radius 3 is 2.91 bits per heavy atom. The number of hydrogen-bond acceptors (Lipinski definition) is 5. The van der Waals surface area contributed by atoms with E-state index < -0.39 is 18.0 Å². The third-order valence-electron chi connectivity index (χ3n) is 4.47. The Labute approximate surface area is 130 Å². The lowest BCUT2D eigenvalue weighted by Gasteiger charge is -2.16. The molecule has 1 fully saturated rings. The van der Waals surface area contributed by atoms with E-state index in [4.69, 9.17) is 9.15 Å². The second-order valence-corrected chi connectivity index (χ2v) is 5.84. The van der Waals surface area contributed by atoms with E-state index >= 15 is 0 Å². The molecule has 4 rings (SSSR count). The molecule has 120 valence electrons. The van der Waals surface area contributed by atoms with Crippen molar-refractivity contribution in [1.29, 1.82) is 0 Å². The zero-order chi connectivity index (χ0) is 16.3. The number of aryl methyl sites for hydroxylation is 1. The van der Waals surface area contributed by atoms with Crippen LogP contribution in [0.2, 0.25) is 0 Å². The quantitative estimate of drug-likeness (QED) is 0.871. The van der Waals surface area contributed by atoms with E-state index in [0.29, 0.717) is 23.2 Å². The van der Waals surface area contributed by atoms with Gasteiger partial charge in [-0.1, -0.05) is 0 Å². The summed E-state index contributed by atoms with van der Waals surface area (Å²) in [5.74, 6) is -0.607. The van der Waals surface area contributed by atoms with Crippen LogP contribution in [0, 0.1) is 0 Å². The summed E-state index contributed by atoms with van der Waals surface area (Å²) < 4.78 is 12.1. The van der Waals surface area contributed by atoms with E-state index in [-0.39, 0.29) is 18.5 Å². The SMILES string of the molecule is CC(=O)NC[C@@H]1OC(=O)N2c3ccc4c(oc(=O)n4C)c3C[C@@H]12. The Balaban J connectivity index is 1.76. The van der Waals surface area contributed by atoms with Gasteiger partial charge in [0.15, 0.2) is 5.58 Å². The summed E-state index contributed by atoms with van der Waals surface area (Å²) in [4.78, 5) is 36.6. The molecule has 0 unspecified atom stereocenters. The molecule has 2 aromatic rings. The first-order valence-corrected chi connectivity index (χ1v) is 7.33. The van der Waals surface area contributed by atoms with Crippen LogP contribution in [0.25, 0.3) is 11.1 Å². The molecule has 2 aliphatic heterocycles. The van der Waals surface area contributed by atoms with Crippen molar-refractivity contribution in [3.63, 3.8) is 0 Å². The Kier molecular flexibility index (Phi) is 2.78. The van der Waals surface area contributed by atoms with E-state index in [2.05, 4.69) is 5.32 Å². The van der Waals surface area contributed by atoms with Crippen LogP contribution in [0.15, 0.2) is 21.3 Å². The van der Waals surface area contributed by atoms with Crippen molar-refractivity contribution in [2.24, 2.45) is 7.05 Å². The maximum atomic E-state index is 12.2. The van der Waals surface area contributed by atoms with Crippen molar-refractivity contribution < 1.29 is 18.7 Å². The van der Waals surface area contributed by atoms with Crippen LogP contribution in [0.1, 0.15) is 12.5 Å². The van der Waals surface area contributed by atoms with Crippen molar-refractivity contribution in [1.82, 2.24) is 9.88 Å². The predicted molar refractivity (Wildman–Crippen MR) is 80.4 cm³/mol. The predicted octanol–water partition coefficient (Wildman–Crippen LogP) is 0.517. The van der Waals surface area contributed by atoms with Gasteiger partial charge in [-0.15, -0.1) is 0 Å². The number of carbonyl (C=O) groups is 2. The fraction of sp³-hybridized carbons (Fsp3) is 0.400. The van der Waals surface area contributed by atoms with E-state index in [1.54, 1.807) is 24.1 Å². The molecule has 0 spiro atoms. The highest BCUT2D eigenvalue weighted by atomic mass is 16.6. The largest absolute Gasteiger partial charge is 0.442 e. The van der Waals surface area contributed by atoms with Gasteiger partial charge in [0.2, 0.25) is 5.91 Å². The number of rotatable bonds is 2. The second kappa shape index (κ2) is 4.61. The van der Waals surface area contributed by atoms with Crippen LogP contribution in [0.4, 0.5) is 10.5 Å². The summed E-state index contributed by atoms with van der Waals surface area (Å²) in [5, 5.41) is 2.68. The molecule has 0 aliphatic carbocycles. The van der Waals surface area contributed by atoms with E-state index in [0.717, 1.165) is 5.56 Å². The third kappa shape index (κ3) is 1.87. The number of nitrogens with zero attached hydrogens (tertiary/aromatic N) is 2. The average molecular weight is 317 g/mol. The van der Waals surface area contributed by atoms with Crippen LogP contribution in [-0.4, -0.2) is 35.3 Å². The fourth-order valence-electron chi connectivity index (χ4n) is 3.36. The summed E-state index contributed by atoms with van der Waals surface area (Å²) in [6, 6.07) is 3.35. The van der Waals surface area contributed by atoms with Crippen LogP contribution >= 0.6 is 0 Å². The number of oxazole rings is 1. The summed E-state index contributed by atoms with van der Waals surface area (Å²) >= 11 is 0. The lowest BCUT2D eigenvalue weighted by molar-refractivity contribution is -0.119. The first-order valence-electron chi connectivity index (χ1n) is 7.33. The van der Waals surface area contributed by atoms with Crippen LogP contribution in [0.3, 0.4) is 0 Å². The molecular weight excluding hydrogens is 302 g/mol. The topological polar surface area (TPSA) is 93.8 Å². The standard InChI is InChI=1S/C15H15N3O5/c1-7(19)16-6-12-11-5-8-9(18(11)15(21)22-12)3-4-10-13(8)23-14(20)17(10)2/h3-4,11-12H,5-6H2,1-2H3,(H,16,19)/t11-,12-/m0/s1. The lowest BCUT2D eigenvalue weighted by atomic mass is 10.0. The molecule has 8 heteroatoms. The van der Waals surface area contributed by atoms with Gasteiger partial charge in [0, 0.05) is 26.0 Å². The minimum Gasteiger partial charge on any atom is -0.442 e. The Morgan fingerprint density at radius 1 is 1.39 bits per heavy atom. The molecule has 1 N–H and O–H groups in total. The van der Waals surface area contributed by atoms with Crippen LogP contribution < -0.4 is 16.0 Å². The molecule has 2 amide bonds. The van der Waals surface area contributed by atoms with Crippen molar-refractivity contribution in [3.05, 3.63) is 28.2 Å². The molecule has 2 atom stereocenters. The van der Waals surface area contributed by atoms with Crippen LogP contribution in [-0.2, 0) is 23.0 Å². The van der Waals surface area contributed by atoms with Gasteiger partial charge < -0.3 is 14.5 Å². The average Bonchev–Trinajstić information content (AvgIpc) is 3.11. The lowest BCUT2D eigenvalue weighted by Crippen LogP contribution is -2.40. The number of carbonyl (C=O) groups excluding carboxylic acids is 2. The van der Waals surface area contributed by atoms with Crippen molar-refractivity contribution in [3.8, 4) is 0 Å². The van der Waals surface area contributed by atoms with Gasteiger partial charge in [-0.25, -0.2) is 9.59 Å². The van der Waals surface area contributed by atoms with E-state index in [9.17, 15) is 14.4 Å². The van der Waals surface area contributed by atoms with Gasteiger partial charge in [0.1, 0.15) is 6.10 Å². The number of ether oxygens (including phenoxy) is 1. The molecule has 8 nitrogen and oxygen atoms in total. The highest BCUT2D eigenvalue weighted by molar-refractivity contribution is 5.98. The molecule has 0 bridgehead atoms. The monoisotopic (exact) mass is 317 g/mol. The summed E-state index contributed by atoms with van der Waals surface area (Å²) in [5.41, 5.74) is 2.74. The van der Waals surface area contributed by atoms with Gasteiger partial charge in [0.05, 0.1) is 23.8 Å². The molecular formula is C15H15N3O5. The zero-order valence-electron chi connectivity index (χ0n) is 12.7. The Hall–Kier alpha value is -2.77. The normalized spacial score (nSPS) is 22.2. The molecule has 1 saturated heterocycles. The maximum Gasteiger partial charge on any atom is 0.419 e. The van der Waals surface area contributed by atoms with Gasteiger partial charge in [-0.05, 0) is 12.1 Å². The first kappa shape index (κ1) is 13.9. The second-order valence-electron chi connectivity index (χ2n) is 5.84. The Bertz CT molecular complexity index is 896. The molecule has 1 aromatic heterocycles. The van der Waals surface area contributed by atoms with E-state index in [1.165, 1.54) is 11.5 Å². The first-order chi connectivity index (χ1) is 11.0. The molecule has 0 radical (unpaired) electrons. The number of cyclic esters (lactones) is 1. The van der Waals surface area contributed by atoms with Gasteiger partial charge in [-0.2, -0.15) is 0 Å². The minimum atomic E-state index is -0.443. The number of anilines is 1. The molecule has 2 aliphatic rings. The number of amides is 2. The third-order valence-corrected chi connectivity index (χ3v) is 4.47. The fourth-order valence-corrected chi connectivity index (χ4v) is 3.36. The van der Waals surface area contributed by atoms with Crippen LogP contribution in [0.5, 0.6) is 0 Å². The van der Waals surface area contributed by atoms with Gasteiger partial charge >= 0.3 is 11.8 Å². The van der Waals surface area contributed by atoms with Crippen molar-refractivity contribution in [2.45, 2.75) is 25.5 Å². The van der Waals surface area contributed by atoms with E-state index in [1.807, 2.05) is 0 Å². The zero-order valence-corrected chi connectivity index (χ0v) is 12.7. The summed E-state index contributed by atoms with van der Waals surface area (Å²) in [6.45, 7) is 1.68. The van der Waals surface area contributed by atoms with Crippen molar-refractivity contribution >= 4 is 28.8 Å². The smallest absolute Gasteiger partial charge is 0.419 e. The number of aromatic nitrogens is 1. The number of hydrogen-bond donors (Lipinski definition) is 1. The maximum absolute atomic E-state index is 12.2. The number of fused-ring (bicyclic) bond motifs is 5. The number of benzene rings is 1.